The molecule has 3 aliphatic rings. The lowest BCUT2D eigenvalue weighted by Gasteiger charge is -2.39. The molecule has 0 saturated carbocycles. The normalized spacial score (nSPS) is 24.7. The Balaban J connectivity index is 1.32. The highest BCUT2D eigenvalue weighted by Crippen LogP contribution is 2.65. The average Bonchev–Trinajstić information content (AvgIpc) is 3.93. The lowest BCUT2D eigenvalue weighted by atomic mass is 9.64. The van der Waals surface area contributed by atoms with Gasteiger partial charge in [-0.2, -0.15) is 0 Å². The maximum atomic E-state index is 15.3. The van der Waals surface area contributed by atoms with Crippen molar-refractivity contribution in [2.45, 2.75) is 69.5 Å². The first-order valence-corrected chi connectivity index (χ1v) is 18.8. The van der Waals surface area contributed by atoms with E-state index in [1.54, 1.807) is 26.6 Å². The minimum Gasteiger partial charge on any atom is -0.494 e. The second-order valence-electron chi connectivity index (χ2n) is 14.3. The number of aliphatic hydroxyl groups is 1. The summed E-state index contributed by atoms with van der Waals surface area (Å²) in [7, 11) is 0. The molecule has 3 fully saturated rings. The molecule has 282 valence electrons. The van der Waals surface area contributed by atoms with E-state index in [1.165, 1.54) is 4.90 Å². The van der Waals surface area contributed by atoms with Crippen molar-refractivity contribution in [2.75, 3.05) is 31.2 Å². The summed E-state index contributed by atoms with van der Waals surface area (Å²) in [4.78, 5) is 50.4. The van der Waals surface area contributed by atoms with Gasteiger partial charge in [-0.05, 0) is 74.6 Å². The van der Waals surface area contributed by atoms with Crippen molar-refractivity contribution >= 4 is 34.4 Å². The quantitative estimate of drug-likeness (QED) is 0.163. The molecule has 54 heavy (non-hydrogen) atoms. The van der Waals surface area contributed by atoms with E-state index in [0.717, 1.165) is 11.1 Å². The van der Waals surface area contributed by atoms with E-state index >= 15 is 14.4 Å². The third kappa shape index (κ3) is 6.16. The first-order valence-electron chi connectivity index (χ1n) is 18.8. The van der Waals surface area contributed by atoms with Crippen LogP contribution in [0.3, 0.4) is 0 Å². The number of likely N-dealkylation sites (tertiary alicyclic amines) is 1. The number of ether oxygens (including phenoxy) is 2. The third-order valence-electron chi connectivity index (χ3n) is 11.5. The molecule has 2 bridgehead atoms. The Labute approximate surface area is 315 Å². The number of hydrogen-bond acceptors (Lipinski definition) is 8. The van der Waals surface area contributed by atoms with Gasteiger partial charge in [0.25, 0.3) is 0 Å². The summed E-state index contributed by atoms with van der Waals surface area (Å²) in [6, 6.07) is 22.5. The van der Waals surface area contributed by atoms with E-state index in [-0.39, 0.29) is 37.5 Å². The summed E-state index contributed by atoms with van der Waals surface area (Å²) in [5.74, 6) is -2.18. The molecule has 6 atom stereocenters. The summed E-state index contributed by atoms with van der Waals surface area (Å²) in [6.07, 6.45) is 4.96. The number of amides is 3. The van der Waals surface area contributed by atoms with E-state index in [0.29, 0.717) is 49.2 Å². The minimum atomic E-state index is -1.32. The van der Waals surface area contributed by atoms with Crippen molar-refractivity contribution in [2.24, 2.45) is 11.8 Å². The highest BCUT2D eigenvalue weighted by Gasteiger charge is 2.79. The van der Waals surface area contributed by atoms with Crippen LogP contribution in [0.5, 0.6) is 5.75 Å². The number of aliphatic hydroxyl groups excluding tert-OH is 1. The molecule has 3 aliphatic heterocycles. The fourth-order valence-electron chi connectivity index (χ4n) is 9.08. The molecule has 4 heterocycles. The number of benzene rings is 3. The highest BCUT2D eigenvalue weighted by molar-refractivity contribution is 6.03. The molecule has 12 heteroatoms. The Kier molecular flexibility index (Phi) is 10.4. The summed E-state index contributed by atoms with van der Waals surface area (Å²) in [6.45, 7) is 12.3. The van der Waals surface area contributed by atoms with Crippen molar-refractivity contribution in [3.8, 4) is 5.75 Å². The molecule has 12 nitrogen and oxygen atoms in total. The lowest BCUT2D eigenvalue weighted by Crippen LogP contribution is -2.59. The highest BCUT2D eigenvalue weighted by atomic mass is 16.5. The molecule has 0 aliphatic carbocycles. The predicted molar refractivity (Wildman–Crippen MR) is 204 cm³/mol. The number of carbonyl (C=O) groups is 3. The number of para-hydroxylation sites is 1. The molecule has 3 aromatic carbocycles. The van der Waals surface area contributed by atoms with Crippen LogP contribution in [0, 0.1) is 11.8 Å². The van der Waals surface area contributed by atoms with Gasteiger partial charge in [0.1, 0.15) is 29.6 Å². The second-order valence-corrected chi connectivity index (χ2v) is 14.3. The van der Waals surface area contributed by atoms with E-state index in [1.807, 2.05) is 92.7 Å². The Morgan fingerprint density at radius 1 is 1.00 bits per heavy atom. The summed E-state index contributed by atoms with van der Waals surface area (Å²) in [5, 5.41) is 19.6. The zero-order valence-electron chi connectivity index (χ0n) is 30.9. The van der Waals surface area contributed by atoms with Gasteiger partial charge in [0, 0.05) is 18.8 Å². The van der Waals surface area contributed by atoms with Gasteiger partial charge in [-0.15, -0.1) is 18.3 Å². The van der Waals surface area contributed by atoms with Gasteiger partial charge in [0.05, 0.1) is 42.2 Å². The van der Waals surface area contributed by atoms with Gasteiger partial charge >= 0.3 is 0 Å². The number of rotatable bonds is 16. The Morgan fingerprint density at radius 2 is 1.72 bits per heavy atom. The first-order chi connectivity index (χ1) is 26.2. The van der Waals surface area contributed by atoms with Crippen LogP contribution < -0.4 is 9.64 Å². The van der Waals surface area contributed by atoms with Gasteiger partial charge in [-0.3, -0.25) is 14.4 Å². The topological polar surface area (TPSA) is 130 Å². The largest absolute Gasteiger partial charge is 0.494 e. The van der Waals surface area contributed by atoms with Crippen LogP contribution in [0.1, 0.15) is 38.7 Å². The van der Waals surface area contributed by atoms with Crippen LogP contribution >= 0.6 is 0 Å². The van der Waals surface area contributed by atoms with Crippen LogP contribution in [0.4, 0.5) is 5.69 Å². The number of fused-ring (bicyclic) bond motifs is 2. The number of nitrogens with zero attached hydrogens (tertiary/aromatic N) is 6. The molecule has 4 aromatic rings. The van der Waals surface area contributed by atoms with Crippen LogP contribution in [-0.2, 0) is 32.2 Å². The molecule has 7 rings (SSSR count). The van der Waals surface area contributed by atoms with Gasteiger partial charge in [-0.25, -0.2) is 4.68 Å². The standard InChI is InChI=1S/C42H48N6O6/c1-5-24-45(28-47-34-17-13-12-16-33(34)43-44-47)40(52)37-42-23-22-41(7-3,54-42)35(38(50)46(25-6-2)30-18-20-32(21-19-30)53-8-4)36(42)39(51)48(37)31(27-49)26-29-14-10-9-11-15-29/h5-6,9-21,31,35-37,49H,1-2,7-8,22-28H2,3-4H3/t31-,35-,36+,37?,41+,42?/m1/s1. The molecule has 3 amide bonds. The zero-order chi connectivity index (χ0) is 38.0. The van der Waals surface area contributed by atoms with E-state index < -0.39 is 41.7 Å². The maximum absolute atomic E-state index is 15.3. The second kappa shape index (κ2) is 15.2. The lowest BCUT2D eigenvalue weighted by molar-refractivity contribution is -0.157. The Hall–Kier alpha value is -5.33. The zero-order valence-corrected chi connectivity index (χ0v) is 30.9. The van der Waals surface area contributed by atoms with Crippen LogP contribution in [0.15, 0.2) is 104 Å². The van der Waals surface area contributed by atoms with E-state index in [4.69, 9.17) is 9.47 Å². The summed E-state index contributed by atoms with van der Waals surface area (Å²) >= 11 is 0. The smallest absolute Gasteiger partial charge is 0.250 e. The molecule has 0 radical (unpaired) electrons. The van der Waals surface area contributed by atoms with Crippen molar-refractivity contribution in [3.63, 3.8) is 0 Å². The first kappa shape index (κ1) is 37.0. The van der Waals surface area contributed by atoms with Crippen LogP contribution in [-0.4, -0.2) is 97.2 Å². The van der Waals surface area contributed by atoms with Gasteiger partial charge in [-0.1, -0.05) is 66.8 Å². The van der Waals surface area contributed by atoms with Crippen LogP contribution in [0.2, 0.25) is 0 Å². The molecule has 1 spiro atoms. The van der Waals surface area contributed by atoms with Gasteiger partial charge in [0.15, 0.2) is 0 Å². The molecular weight excluding hydrogens is 684 g/mol. The summed E-state index contributed by atoms with van der Waals surface area (Å²) < 4.78 is 14.4. The van der Waals surface area contributed by atoms with E-state index in [2.05, 4.69) is 23.5 Å². The van der Waals surface area contributed by atoms with Gasteiger partial charge in [0.2, 0.25) is 17.7 Å². The number of carbonyl (C=O) groups excluding carboxylic acids is 3. The molecule has 3 saturated heterocycles. The third-order valence-corrected chi connectivity index (χ3v) is 11.5. The van der Waals surface area contributed by atoms with Crippen molar-refractivity contribution < 1.29 is 29.0 Å². The fourth-order valence-corrected chi connectivity index (χ4v) is 9.08. The monoisotopic (exact) mass is 732 g/mol. The number of hydrogen-bond donors (Lipinski definition) is 1. The van der Waals surface area contributed by atoms with Gasteiger partial charge < -0.3 is 29.3 Å². The van der Waals surface area contributed by atoms with Crippen molar-refractivity contribution in [1.29, 1.82) is 0 Å². The average molecular weight is 733 g/mol. The molecule has 1 N–H and O–H groups in total. The predicted octanol–water partition coefficient (Wildman–Crippen LogP) is 4.78. The van der Waals surface area contributed by atoms with E-state index in [9.17, 15) is 5.11 Å². The number of anilines is 1. The number of aromatic nitrogens is 3. The van der Waals surface area contributed by atoms with Crippen LogP contribution in [0.25, 0.3) is 11.0 Å². The minimum absolute atomic E-state index is 0.0409. The van der Waals surface area contributed by atoms with Crippen molar-refractivity contribution in [3.05, 3.63) is 110 Å². The SMILES string of the molecule is C=CCN(Cn1nnc2ccccc21)C(=O)C1N([C@@H](CO)Cc2ccccc2)C(=O)[C@@H]2[C@H](C(=O)N(CC=C)c3ccc(OCC)cc3)[C@]3(CC)CCC12O3. The maximum Gasteiger partial charge on any atom is 0.250 e. The molecule has 1 aromatic heterocycles. The van der Waals surface area contributed by atoms with Crippen molar-refractivity contribution in [1.82, 2.24) is 24.8 Å². The fraction of sp³-hybridized carbons (Fsp3) is 0.405. The Morgan fingerprint density at radius 3 is 2.41 bits per heavy atom. The molecule has 2 unspecified atom stereocenters. The molecular formula is C42H48N6O6. The summed E-state index contributed by atoms with van der Waals surface area (Å²) in [5.41, 5.74) is 0.665. The Bertz CT molecular complexity index is 2020.